The molecule has 0 spiro atoms. The molecule has 1 aromatic rings. The summed E-state index contributed by atoms with van der Waals surface area (Å²) in [6.45, 7) is 0. The second-order valence-electron chi connectivity index (χ2n) is 4.26. The van der Waals surface area contributed by atoms with E-state index >= 15 is 0 Å². The van der Waals surface area contributed by atoms with Gasteiger partial charge < -0.3 is 5.73 Å². The summed E-state index contributed by atoms with van der Waals surface area (Å²) in [5.74, 6) is -1.61. The molecule has 0 bridgehead atoms. The Balaban J connectivity index is 2.40. The second kappa shape index (κ2) is 3.64. The smallest absolute Gasteiger partial charge is 0.324 e. The highest BCUT2D eigenvalue weighted by molar-refractivity contribution is 6.30. The molecule has 0 aromatic heterocycles. The van der Waals surface area contributed by atoms with Crippen molar-refractivity contribution in [3.05, 3.63) is 34.9 Å². The fourth-order valence-corrected chi connectivity index (χ4v) is 2.16. The van der Waals surface area contributed by atoms with E-state index in [4.69, 9.17) is 17.3 Å². The zero-order chi connectivity index (χ0) is 12.0. The topological polar surface area (TPSA) is 26.0 Å². The van der Waals surface area contributed by atoms with Crippen LogP contribution in [0.15, 0.2) is 24.3 Å². The van der Waals surface area contributed by atoms with Crippen LogP contribution in [0, 0.1) is 0 Å². The summed E-state index contributed by atoms with van der Waals surface area (Å²) in [7, 11) is 0. The van der Waals surface area contributed by atoms with Crippen molar-refractivity contribution in [3.63, 3.8) is 0 Å². The van der Waals surface area contributed by atoms with Gasteiger partial charge in [0.25, 0.3) is 0 Å². The number of hydrogen-bond acceptors (Lipinski definition) is 1. The molecular weight excluding hydrogens is 239 g/mol. The molecule has 0 aliphatic heterocycles. The quantitative estimate of drug-likeness (QED) is 0.853. The van der Waals surface area contributed by atoms with Crippen LogP contribution in [0.4, 0.5) is 13.2 Å². The fourth-order valence-electron chi connectivity index (χ4n) is 1.97. The molecule has 88 valence electrons. The van der Waals surface area contributed by atoms with E-state index in [9.17, 15) is 13.2 Å². The largest absolute Gasteiger partial charge is 0.397 e. The lowest BCUT2D eigenvalue weighted by Gasteiger charge is -2.26. The molecule has 0 heterocycles. The van der Waals surface area contributed by atoms with Crippen LogP contribution in [0.5, 0.6) is 0 Å². The highest BCUT2D eigenvalue weighted by Crippen LogP contribution is 2.52. The Bertz CT molecular complexity index is 393. The predicted molar refractivity (Wildman–Crippen MR) is 56.4 cm³/mol. The highest BCUT2D eigenvalue weighted by Gasteiger charge is 2.58. The maximum absolute atomic E-state index is 13.0. The maximum Gasteiger partial charge on any atom is 0.397 e. The van der Waals surface area contributed by atoms with Gasteiger partial charge in [-0.05, 0) is 30.5 Å². The van der Waals surface area contributed by atoms with Gasteiger partial charge in [0.05, 0.1) is 5.92 Å². The van der Waals surface area contributed by atoms with Gasteiger partial charge in [0.15, 0.2) is 0 Å². The zero-order valence-electron chi connectivity index (χ0n) is 8.39. The van der Waals surface area contributed by atoms with Crippen molar-refractivity contribution in [1.82, 2.24) is 0 Å². The summed E-state index contributed by atoms with van der Waals surface area (Å²) < 4.78 is 38.9. The minimum atomic E-state index is -4.32. The Kier molecular flexibility index (Phi) is 2.67. The minimum Gasteiger partial charge on any atom is -0.324 e. The number of hydrogen-bond donors (Lipinski definition) is 1. The molecule has 5 heteroatoms. The molecule has 1 unspecified atom stereocenters. The molecule has 1 aliphatic carbocycles. The van der Waals surface area contributed by atoms with Gasteiger partial charge in [0, 0.05) is 10.6 Å². The van der Waals surface area contributed by atoms with Gasteiger partial charge in [0.2, 0.25) is 0 Å². The molecule has 1 saturated carbocycles. The van der Waals surface area contributed by atoms with Crippen molar-refractivity contribution < 1.29 is 13.2 Å². The van der Waals surface area contributed by atoms with Gasteiger partial charge in [-0.15, -0.1) is 0 Å². The summed E-state index contributed by atoms with van der Waals surface area (Å²) in [6, 6.07) is 5.83. The van der Waals surface area contributed by atoms with E-state index in [1.54, 1.807) is 6.07 Å². The van der Waals surface area contributed by atoms with Gasteiger partial charge in [-0.25, -0.2) is 0 Å². The van der Waals surface area contributed by atoms with E-state index in [1.807, 2.05) is 0 Å². The normalized spacial score (nSPS) is 20.6. The van der Waals surface area contributed by atoms with Crippen molar-refractivity contribution in [3.8, 4) is 0 Å². The van der Waals surface area contributed by atoms with Gasteiger partial charge in [-0.3, -0.25) is 0 Å². The first-order valence-electron chi connectivity index (χ1n) is 4.94. The molecule has 1 aliphatic rings. The van der Waals surface area contributed by atoms with Crippen molar-refractivity contribution in [2.45, 2.75) is 30.5 Å². The average molecular weight is 250 g/mol. The lowest BCUT2D eigenvalue weighted by Crippen LogP contribution is -2.40. The first-order valence-corrected chi connectivity index (χ1v) is 5.32. The van der Waals surface area contributed by atoms with Crippen LogP contribution in [0.2, 0.25) is 5.02 Å². The van der Waals surface area contributed by atoms with E-state index in [0.717, 1.165) is 0 Å². The third kappa shape index (κ3) is 2.18. The number of rotatable bonds is 2. The molecule has 1 aromatic carbocycles. The third-order valence-corrected chi connectivity index (χ3v) is 3.15. The van der Waals surface area contributed by atoms with Crippen molar-refractivity contribution >= 4 is 11.6 Å². The van der Waals surface area contributed by atoms with Crippen LogP contribution in [0.1, 0.15) is 24.3 Å². The zero-order valence-corrected chi connectivity index (χ0v) is 9.15. The summed E-state index contributed by atoms with van der Waals surface area (Å²) in [4.78, 5) is 0. The molecule has 1 nitrogen and oxygen atoms in total. The van der Waals surface area contributed by atoms with Crippen LogP contribution >= 0.6 is 11.6 Å². The lowest BCUT2D eigenvalue weighted by molar-refractivity contribution is -0.157. The first kappa shape index (κ1) is 11.7. The van der Waals surface area contributed by atoms with Crippen molar-refractivity contribution in [1.29, 1.82) is 0 Å². The van der Waals surface area contributed by atoms with E-state index in [0.29, 0.717) is 17.9 Å². The van der Waals surface area contributed by atoms with Gasteiger partial charge in [-0.1, -0.05) is 23.7 Å². The molecule has 0 radical (unpaired) electrons. The Morgan fingerprint density at radius 3 is 2.38 bits per heavy atom. The molecule has 2 N–H and O–H groups in total. The number of halogens is 4. The summed E-state index contributed by atoms with van der Waals surface area (Å²) in [6.07, 6.45) is -3.51. The van der Waals surface area contributed by atoms with Gasteiger partial charge in [0.1, 0.15) is 0 Å². The second-order valence-corrected chi connectivity index (χ2v) is 4.70. The predicted octanol–water partition coefficient (Wildman–Crippen LogP) is 3.48. The maximum atomic E-state index is 13.0. The molecule has 0 saturated heterocycles. The number of nitrogens with two attached hydrogens (primary N) is 1. The summed E-state index contributed by atoms with van der Waals surface area (Å²) in [5.41, 5.74) is 4.71. The SMILES string of the molecule is NC1(C(c2cccc(Cl)c2)C(F)(F)F)CC1. The number of alkyl halides is 3. The van der Waals surface area contributed by atoms with E-state index in [-0.39, 0.29) is 5.56 Å². The first-order chi connectivity index (χ1) is 7.33. The average Bonchev–Trinajstić information content (AvgIpc) is 2.81. The fraction of sp³-hybridized carbons (Fsp3) is 0.455. The Morgan fingerprint density at radius 2 is 1.94 bits per heavy atom. The molecule has 1 fully saturated rings. The van der Waals surface area contributed by atoms with Crippen LogP contribution in [-0.2, 0) is 0 Å². The molecule has 1 atom stereocenters. The Labute approximate surface area is 96.4 Å². The standard InChI is InChI=1S/C11H11ClF3N/c12-8-3-1-2-7(6-8)9(11(13,14)15)10(16)4-5-10/h1-3,6,9H,4-5,16H2. The number of benzene rings is 1. The van der Waals surface area contributed by atoms with Crippen LogP contribution in [0.25, 0.3) is 0 Å². The monoisotopic (exact) mass is 249 g/mol. The summed E-state index contributed by atoms with van der Waals surface area (Å²) >= 11 is 5.70. The Hall–Kier alpha value is -0.740. The third-order valence-electron chi connectivity index (χ3n) is 2.91. The summed E-state index contributed by atoms with van der Waals surface area (Å²) in [5, 5.41) is 0.302. The van der Waals surface area contributed by atoms with Gasteiger partial charge >= 0.3 is 6.18 Å². The van der Waals surface area contributed by atoms with Crippen molar-refractivity contribution in [2.75, 3.05) is 0 Å². The van der Waals surface area contributed by atoms with Gasteiger partial charge in [-0.2, -0.15) is 13.2 Å². The van der Waals surface area contributed by atoms with Crippen LogP contribution in [-0.4, -0.2) is 11.7 Å². The van der Waals surface area contributed by atoms with Crippen molar-refractivity contribution in [2.24, 2.45) is 5.73 Å². The minimum absolute atomic E-state index is 0.153. The van der Waals surface area contributed by atoms with E-state index in [2.05, 4.69) is 0 Å². The molecule has 0 amide bonds. The highest BCUT2D eigenvalue weighted by atomic mass is 35.5. The molecular formula is C11H11ClF3N. The Morgan fingerprint density at radius 1 is 1.31 bits per heavy atom. The van der Waals surface area contributed by atoms with E-state index < -0.39 is 17.6 Å². The lowest BCUT2D eigenvalue weighted by atomic mass is 9.89. The molecule has 16 heavy (non-hydrogen) atoms. The van der Waals surface area contributed by atoms with Crippen LogP contribution < -0.4 is 5.73 Å². The molecule has 2 rings (SSSR count). The van der Waals surface area contributed by atoms with E-state index in [1.165, 1.54) is 18.2 Å². The van der Waals surface area contributed by atoms with Crippen LogP contribution in [0.3, 0.4) is 0 Å².